The molecular formula is C16H33IN4O2S. The molecular weight excluding hydrogens is 439 g/mol. The highest BCUT2D eigenvalue weighted by molar-refractivity contribution is 14.0. The number of aliphatic imine (C=N–C) groups is 1. The Labute approximate surface area is 165 Å². The van der Waals surface area contributed by atoms with E-state index in [-0.39, 0.29) is 41.2 Å². The Kier molecular flexibility index (Phi) is 11.1. The van der Waals surface area contributed by atoms with E-state index in [0.717, 1.165) is 38.0 Å². The van der Waals surface area contributed by atoms with Gasteiger partial charge >= 0.3 is 0 Å². The summed E-state index contributed by atoms with van der Waals surface area (Å²) in [7, 11) is -0.738. The third-order valence-electron chi connectivity index (χ3n) is 4.27. The van der Waals surface area contributed by atoms with Crippen LogP contribution in [0.1, 0.15) is 53.4 Å². The van der Waals surface area contributed by atoms with E-state index in [1.807, 2.05) is 13.8 Å². The van der Waals surface area contributed by atoms with E-state index in [1.165, 1.54) is 0 Å². The lowest BCUT2D eigenvalue weighted by Gasteiger charge is -2.30. The van der Waals surface area contributed by atoms with Gasteiger partial charge in [0.05, 0.1) is 12.0 Å². The third kappa shape index (κ3) is 7.67. The second kappa shape index (κ2) is 11.3. The van der Waals surface area contributed by atoms with E-state index < -0.39 is 16.2 Å². The van der Waals surface area contributed by atoms with Gasteiger partial charge in [0.2, 0.25) is 5.91 Å². The fraction of sp³-hybridized carbons (Fsp3) is 0.875. The smallest absolute Gasteiger partial charge is 0.224 e. The van der Waals surface area contributed by atoms with Gasteiger partial charge in [-0.3, -0.25) is 14.0 Å². The lowest BCUT2D eigenvalue weighted by Crippen LogP contribution is -2.47. The summed E-state index contributed by atoms with van der Waals surface area (Å²) in [6, 6.07) is 0.277. The summed E-state index contributed by atoms with van der Waals surface area (Å²) in [6.07, 6.45) is 4.09. The SMILES string of the molecule is CCNC(=NCC(C)(C)C(N)=O)NC1CCCC(S(=O)CC)C1.I. The van der Waals surface area contributed by atoms with Gasteiger partial charge in [-0.1, -0.05) is 13.3 Å². The third-order valence-corrected chi connectivity index (χ3v) is 6.01. The molecule has 0 spiro atoms. The largest absolute Gasteiger partial charge is 0.369 e. The first-order chi connectivity index (χ1) is 10.8. The van der Waals surface area contributed by atoms with Crippen molar-refractivity contribution in [3.8, 4) is 0 Å². The molecule has 1 rings (SSSR count). The van der Waals surface area contributed by atoms with Crippen LogP contribution in [0.3, 0.4) is 0 Å². The maximum atomic E-state index is 12.0. The monoisotopic (exact) mass is 472 g/mol. The maximum absolute atomic E-state index is 12.0. The lowest BCUT2D eigenvalue weighted by atomic mass is 9.93. The number of hydrogen-bond donors (Lipinski definition) is 3. The van der Waals surface area contributed by atoms with Crippen LogP contribution in [-0.2, 0) is 15.6 Å². The first-order valence-electron chi connectivity index (χ1n) is 8.52. The van der Waals surface area contributed by atoms with Crippen LogP contribution in [0.15, 0.2) is 4.99 Å². The van der Waals surface area contributed by atoms with Crippen molar-refractivity contribution in [3.05, 3.63) is 0 Å². The summed E-state index contributed by atoms with van der Waals surface area (Å²) in [6.45, 7) is 8.66. The van der Waals surface area contributed by atoms with Crippen molar-refractivity contribution in [3.63, 3.8) is 0 Å². The molecule has 1 amide bonds. The first-order valence-corrected chi connectivity index (χ1v) is 9.90. The van der Waals surface area contributed by atoms with Crippen molar-refractivity contribution < 1.29 is 9.00 Å². The fourth-order valence-electron chi connectivity index (χ4n) is 2.62. The van der Waals surface area contributed by atoms with E-state index in [1.54, 1.807) is 13.8 Å². The normalized spacial score (nSPS) is 23.1. The Bertz CT molecular complexity index is 457. The zero-order valence-electron chi connectivity index (χ0n) is 15.3. The topological polar surface area (TPSA) is 96.6 Å². The van der Waals surface area contributed by atoms with Crippen LogP contribution < -0.4 is 16.4 Å². The molecule has 0 bridgehead atoms. The van der Waals surface area contributed by atoms with Crippen LogP contribution in [0.5, 0.6) is 0 Å². The zero-order chi connectivity index (χ0) is 17.5. The second-order valence-corrected chi connectivity index (χ2v) is 8.75. The molecule has 4 N–H and O–H groups in total. The highest BCUT2D eigenvalue weighted by Crippen LogP contribution is 2.23. The summed E-state index contributed by atoms with van der Waals surface area (Å²) in [5.41, 5.74) is 4.73. The minimum absolute atomic E-state index is 0. The average Bonchev–Trinajstić information content (AvgIpc) is 2.52. The number of hydrogen-bond acceptors (Lipinski definition) is 3. The number of nitrogens with two attached hydrogens (primary N) is 1. The van der Waals surface area contributed by atoms with Gasteiger partial charge in [-0.25, -0.2) is 0 Å². The van der Waals surface area contributed by atoms with Crippen molar-refractivity contribution >= 4 is 46.6 Å². The standard InChI is InChI=1S/C16H32N4O2S.HI/c1-5-18-15(19-11-16(3,4)14(17)21)20-12-8-7-9-13(10-12)23(22)6-2;/h12-13H,5-11H2,1-4H3,(H2,17,21)(H2,18,19,20);1H. The van der Waals surface area contributed by atoms with Crippen molar-refractivity contribution in [2.45, 2.75) is 64.7 Å². The maximum Gasteiger partial charge on any atom is 0.224 e. The Morgan fingerprint density at radius 1 is 1.33 bits per heavy atom. The van der Waals surface area contributed by atoms with E-state index in [0.29, 0.717) is 12.5 Å². The molecule has 8 heteroatoms. The highest BCUT2D eigenvalue weighted by atomic mass is 127. The van der Waals surface area contributed by atoms with Crippen LogP contribution in [0, 0.1) is 5.41 Å². The molecule has 0 aromatic heterocycles. The molecule has 0 aromatic carbocycles. The quantitative estimate of drug-likeness (QED) is 0.299. The first kappa shape index (κ1) is 23.6. The Balaban J connectivity index is 0.00000529. The molecule has 1 fully saturated rings. The molecule has 0 heterocycles. The van der Waals surface area contributed by atoms with Gasteiger partial charge in [-0.15, -0.1) is 24.0 Å². The number of rotatable bonds is 7. The lowest BCUT2D eigenvalue weighted by molar-refractivity contribution is -0.125. The summed E-state index contributed by atoms with van der Waals surface area (Å²) in [5.74, 6) is 1.07. The molecule has 0 saturated heterocycles. The van der Waals surface area contributed by atoms with Crippen LogP contribution in [-0.4, -0.2) is 46.2 Å². The van der Waals surface area contributed by atoms with Gasteiger partial charge < -0.3 is 16.4 Å². The molecule has 1 aliphatic carbocycles. The molecule has 24 heavy (non-hydrogen) atoms. The van der Waals surface area contributed by atoms with Gasteiger partial charge in [0.15, 0.2) is 5.96 Å². The average molecular weight is 472 g/mol. The van der Waals surface area contributed by atoms with Gasteiger partial charge in [-0.05, 0) is 40.0 Å². The van der Waals surface area contributed by atoms with Crippen molar-refractivity contribution in [1.29, 1.82) is 0 Å². The number of nitrogens with zero attached hydrogens (tertiary/aromatic N) is 1. The Morgan fingerprint density at radius 2 is 2.00 bits per heavy atom. The molecule has 3 unspecified atom stereocenters. The van der Waals surface area contributed by atoms with Gasteiger partial charge in [-0.2, -0.15) is 0 Å². The van der Waals surface area contributed by atoms with E-state index >= 15 is 0 Å². The molecule has 1 aliphatic rings. The number of carbonyl (C=O) groups is 1. The van der Waals surface area contributed by atoms with E-state index in [9.17, 15) is 9.00 Å². The van der Waals surface area contributed by atoms with Crippen LogP contribution in [0.2, 0.25) is 0 Å². The summed E-state index contributed by atoms with van der Waals surface area (Å²) in [5, 5.41) is 6.91. The predicted octanol–water partition coefficient (Wildman–Crippen LogP) is 1.75. The van der Waals surface area contributed by atoms with Crippen molar-refractivity contribution in [2.75, 3.05) is 18.8 Å². The van der Waals surface area contributed by atoms with Gasteiger partial charge in [0.1, 0.15) is 0 Å². The number of amides is 1. The summed E-state index contributed by atoms with van der Waals surface area (Å²) >= 11 is 0. The Hall–Kier alpha value is -0.380. The number of nitrogens with one attached hydrogen (secondary N) is 2. The van der Waals surface area contributed by atoms with E-state index in [4.69, 9.17) is 5.73 Å². The molecule has 6 nitrogen and oxygen atoms in total. The number of halogens is 1. The molecule has 1 saturated carbocycles. The molecule has 0 aliphatic heterocycles. The van der Waals surface area contributed by atoms with Crippen LogP contribution in [0.25, 0.3) is 0 Å². The van der Waals surface area contributed by atoms with Crippen LogP contribution in [0.4, 0.5) is 0 Å². The summed E-state index contributed by atoms with van der Waals surface area (Å²) < 4.78 is 12.0. The minimum atomic E-state index is -0.738. The van der Waals surface area contributed by atoms with E-state index in [2.05, 4.69) is 15.6 Å². The summed E-state index contributed by atoms with van der Waals surface area (Å²) in [4.78, 5) is 15.9. The Morgan fingerprint density at radius 3 is 2.54 bits per heavy atom. The highest BCUT2D eigenvalue weighted by Gasteiger charge is 2.27. The minimum Gasteiger partial charge on any atom is -0.369 e. The number of primary amides is 1. The number of carbonyl (C=O) groups excluding carboxylic acids is 1. The molecule has 3 atom stereocenters. The van der Waals surface area contributed by atoms with Crippen molar-refractivity contribution in [2.24, 2.45) is 16.1 Å². The molecule has 142 valence electrons. The van der Waals surface area contributed by atoms with Crippen molar-refractivity contribution in [1.82, 2.24) is 10.6 Å². The predicted molar refractivity (Wildman–Crippen MR) is 112 cm³/mol. The fourth-order valence-corrected chi connectivity index (χ4v) is 3.97. The second-order valence-electron chi connectivity index (χ2n) is 6.74. The number of guanidine groups is 1. The van der Waals surface area contributed by atoms with Crippen LogP contribution >= 0.6 is 24.0 Å². The zero-order valence-corrected chi connectivity index (χ0v) is 18.4. The van der Waals surface area contributed by atoms with Gasteiger partial charge in [0.25, 0.3) is 0 Å². The molecule has 0 aromatic rings. The molecule has 0 radical (unpaired) electrons. The van der Waals surface area contributed by atoms with Gasteiger partial charge in [0, 0.05) is 34.4 Å².